The summed E-state index contributed by atoms with van der Waals surface area (Å²) in [7, 11) is 2.89. The monoisotopic (exact) mass is 1390 g/mol. The maximum atomic E-state index is 14.5. The molecule has 25 heteroatoms. The average Bonchev–Trinajstić information content (AvgIpc) is 1.63. The molecule has 0 unspecified atom stereocenters. The van der Waals surface area contributed by atoms with E-state index in [4.69, 9.17) is 9.47 Å². The molecule has 0 radical (unpaired) electrons. The van der Waals surface area contributed by atoms with Crippen LogP contribution < -0.4 is 26.6 Å². The maximum Gasteiger partial charge on any atom is 0.410 e. The van der Waals surface area contributed by atoms with Gasteiger partial charge in [-0.05, 0) is 142 Å². The van der Waals surface area contributed by atoms with Gasteiger partial charge >= 0.3 is 12.2 Å². The highest BCUT2D eigenvalue weighted by Crippen LogP contribution is 2.38. The Kier molecular flexibility index (Phi) is 30.7. The SMILES string of the molecule is CC[C@@H](C(=O)N[C@@H]1C(=O)N2[C@@H](CC[C@@H]1CO)CC[C@H]2C(=O)C[C@H](C(=O)NCCCC(=O)CCC#CC#CCCC(=O)NCCCC(=O)[C@@H](NC(=O)[C@@H]1CC[C@@H]2CC[C@H](CO)[C@H](NC(=O)[C@H](CC)N(C)C(=O)OC(C)(C)C)C(=O)N21)c1ccccc1)c1ccccc1)N(C)C(=O)OC(C)(C)C. The van der Waals surface area contributed by atoms with Crippen molar-refractivity contribution in [2.45, 2.75) is 249 Å². The number of aliphatic hydroxyl groups excluding tert-OH is 2. The summed E-state index contributed by atoms with van der Waals surface area (Å²) in [5.74, 6) is 4.76. The summed E-state index contributed by atoms with van der Waals surface area (Å²) in [6.45, 7) is 13.3. The molecule has 0 spiro atoms. The average molecular weight is 1390 g/mol. The molecule has 0 aliphatic carbocycles. The van der Waals surface area contributed by atoms with Crippen molar-refractivity contribution >= 4 is 70.9 Å². The van der Waals surface area contributed by atoms with Crippen molar-refractivity contribution in [3.63, 3.8) is 0 Å². The van der Waals surface area contributed by atoms with Gasteiger partial charge in [-0.1, -0.05) is 86.4 Å². The van der Waals surface area contributed by atoms with Gasteiger partial charge in [-0.3, -0.25) is 57.7 Å². The van der Waals surface area contributed by atoms with E-state index in [9.17, 15) is 67.7 Å². The van der Waals surface area contributed by atoms with E-state index in [2.05, 4.69) is 50.3 Å². The normalized spacial score (nSPS) is 21.6. The molecule has 546 valence electrons. The second-order valence-electron chi connectivity index (χ2n) is 28.5. The second kappa shape index (κ2) is 38.2. The molecule has 6 rings (SSSR count). The highest BCUT2D eigenvalue weighted by molar-refractivity contribution is 5.99. The molecule has 7 N–H and O–H groups in total. The molecule has 4 saturated heterocycles. The van der Waals surface area contributed by atoms with Gasteiger partial charge in [0.25, 0.3) is 0 Å². The number of benzene rings is 2. The molecule has 4 aliphatic heterocycles. The first-order valence-electron chi connectivity index (χ1n) is 35.4. The van der Waals surface area contributed by atoms with Gasteiger partial charge in [-0.15, -0.1) is 0 Å². The largest absolute Gasteiger partial charge is 0.444 e. The zero-order chi connectivity index (χ0) is 73.4. The van der Waals surface area contributed by atoms with Crippen molar-refractivity contribution in [1.82, 2.24) is 46.2 Å². The van der Waals surface area contributed by atoms with Crippen LogP contribution in [0.2, 0.25) is 0 Å². The van der Waals surface area contributed by atoms with Crippen LogP contribution in [0.25, 0.3) is 0 Å². The zero-order valence-electron chi connectivity index (χ0n) is 59.9. The summed E-state index contributed by atoms with van der Waals surface area (Å²) >= 11 is 0. The van der Waals surface area contributed by atoms with Crippen molar-refractivity contribution in [2.24, 2.45) is 11.8 Å². The number of nitrogens with zero attached hydrogens (tertiary/aromatic N) is 4. The number of amides is 9. The molecule has 2 aromatic rings. The zero-order valence-corrected chi connectivity index (χ0v) is 59.9. The summed E-state index contributed by atoms with van der Waals surface area (Å²) in [6, 6.07) is 9.64. The van der Waals surface area contributed by atoms with Gasteiger partial charge in [0.05, 0.1) is 12.0 Å². The van der Waals surface area contributed by atoms with Crippen LogP contribution in [-0.2, 0) is 57.4 Å². The van der Waals surface area contributed by atoms with Gasteiger partial charge in [0.1, 0.15) is 53.2 Å². The van der Waals surface area contributed by atoms with Gasteiger partial charge in [0, 0.05) is 109 Å². The first kappa shape index (κ1) is 80.3. The van der Waals surface area contributed by atoms with Crippen LogP contribution >= 0.6 is 0 Å². The van der Waals surface area contributed by atoms with Crippen LogP contribution in [0.4, 0.5) is 9.59 Å². The third-order valence-electron chi connectivity index (χ3n) is 18.9. The number of carbonyl (C=O) groups excluding carboxylic acids is 12. The van der Waals surface area contributed by atoms with Crippen molar-refractivity contribution < 1.29 is 77.2 Å². The van der Waals surface area contributed by atoms with Gasteiger partial charge < -0.3 is 56.1 Å². The first-order valence-corrected chi connectivity index (χ1v) is 35.4. The van der Waals surface area contributed by atoms with E-state index in [-0.39, 0.29) is 113 Å². The van der Waals surface area contributed by atoms with Crippen LogP contribution in [0.3, 0.4) is 0 Å². The Morgan fingerprint density at radius 1 is 0.570 bits per heavy atom. The Labute approximate surface area is 588 Å². The lowest BCUT2D eigenvalue weighted by atomic mass is 9.89. The summed E-state index contributed by atoms with van der Waals surface area (Å²) in [4.78, 5) is 170. The predicted molar refractivity (Wildman–Crippen MR) is 372 cm³/mol. The number of nitrogens with one attached hydrogen (secondary N) is 5. The summed E-state index contributed by atoms with van der Waals surface area (Å²) in [5, 5.41) is 35.2. The van der Waals surface area contributed by atoms with Crippen LogP contribution in [-0.4, -0.2) is 201 Å². The molecule has 9 amide bonds. The minimum atomic E-state index is -1.19. The standard InChI is InChI=1S/C75H105N9O16/c1-11-56(81(9)72(97)99-74(3,4)5)67(92)79-64-50(46-85)35-37-52-39-41-58(83(52)70(64)95)61(89)45-55(48-27-19-17-20-28-48)66(91)77-44-25-32-54(87)31-23-15-13-14-16-24-34-62(90)76-43-26-33-60(88)63(49-29-21-18-22-30-49)78-69(94)59-42-40-53-38-36-51(47-86)65(71(96)84(53)59)80-68(93)57(12-2)82(10)73(98)100-75(6,7)8/h17-22,27-30,50-53,55-59,63-65,85-86H,11-12,23-26,31-47H2,1-10H3,(H,76,90)(H,77,91)(H,78,94)(H,79,92)(H,80,93)/t50-,51-,52+,53+,55+,56+,57+,58+,59+,63+,64+,65+/m1/s1. The molecule has 100 heavy (non-hydrogen) atoms. The summed E-state index contributed by atoms with van der Waals surface area (Å²) in [5.41, 5.74) is -0.492. The van der Waals surface area contributed by atoms with Gasteiger partial charge in [-0.2, -0.15) is 0 Å². The number of ether oxygens (including phenoxy) is 2. The molecule has 0 aromatic heterocycles. The van der Waals surface area contributed by atoms with Crippen molar-refractivity contribution in [1.29, 1.82) is 0 Å². The number of hydrogen-bond acceptors (Lipinski definition) is 16. The van der Waals surface area contributed by atoms with E-state index in [0.717, 1.165) is 0 Å². The Bertz CT molecular complexity index is 3110. The van der Waals surface area contributed by atoms with E-state index < -0.39 is 132 Å². The maximum absolute atomic E-state index is 14.5. The van der Waals surface area contributed by atoms with Crippen LogP contribution in [0, 0.1) is 35.5 Å². The third-order valence-corrected chi connectivity index (χ3v) is 18.9. The lowest BCUT2D eigenvalue weighted by Crippen LogP contribution is -2.59. The molecule has 12 atom stereocenters. The van der Waals surface area contributed by atoms with Gasteiger partial charge in [0.15, 0.2) is 11.6 Å². The quantitative estimate of drug-likeness (QED) is 0.0343. The molecular weight excluding hydrogens is 1280 g/mol. The van der Waals surface area contributed by atoms with Crippen molar-refractivity contribution in [3.8, 4) is 23.7 Å². The van der Waals surface area contributed by atoms with Crippen LogP contribution in [0.1, 0.15) is 200 Å². The fourth-order valence-corrected chi connectivity index (χ4v) is 13.6. The molecule has 4 heterocycles. The summed E-state index contributed by atoms with van der Waals surface area (Å²) < 4.78 is 11.0. The first-order chi connectivity index (χ1) is 47.5. The number of ketones is 3. The summed E-state index contributed by atoms with van der Waals surface area (Å²) in [6.07, 6.45) is 3.70. The van der Waals surface area contributed by atoms with Crippen molar-refractivity contribution in [2.75, 3.05) is 40.4 Å². The van der Waals surface area contributed by atoms with Crippen molar-refractivity contribution in [3.05, 3.63) is 71.8 Å². The number of aliphatic hydroxyl groups is 2. The van der Waals surface area contributed by atoms with E-state index in [1.807, 2.05) is 0 Å². The molecule has 25 nitrogen and oxygen atoms in total. The van der Waals surface area contributed by atoms with Crippen LogP contribution in [0.15, 0.2) is 60.7 Å². The second-order valence-corrected chi connectivity index (χ2v) is 28.5. The predicted octanol–water partition coefficient (Wildman–Crippen LogP) is 5.87. The smallest absolute Gasteiger partial charge is 0.410 e. The Morgan fingerprint density at radius 3 is 1.51 bits per heavy atom. The van der Waals surface area contributed by atoms with Gasteiger partial charge in [-0.25, -0.2) is 9.59 Å². The topological polar surface area (TPSA) is 337 Å². The fourth-order valence-electron chi connectivity index (χ4n) is 13.6. The Hall–Kier alpha value is -8.68. The fraction of sp³-hybridized carbons (Fsp3) is 0.627. The Balaban J connectivity index is 0.915. The number of carbonyl (C=O) groups is 12. The molecule has 0 bridgehead atoms. The van der Waals surface area contributed by atoms with Gasteiger partial charge in [0.2, 0.25) is 41.4 Å². The van der Waals surface area contributed by atoms with E-state index >= 15 is 0 Å². The third kappa shape index (κ3) is 22.9. The number of rotatable bonds is 31. The minimum Gasteiger partial charge on any atom is -0.444 e. The lowest BCUT2D eigenvalue weighted by molar-refractivity contribution is -0.144. The van der Waals surface area contributed by atoms with Crippen LogP contribution in [0.5, 0.6) is 0 Å². The minimum absolute atomic E-state index is 0.00157. The van der Waals surface area contributed by atoms with E-state index in [1.165, 1.54) is 33.7 Å². The number of fused-ring (bicyclic) bond motifs is 2. The van der Waals surface area contributed by atoms with E-state index in [0.29, 0.717) is 68.9 Å². The highest BCUT2D eigenvalue weighted by Gasteiger charge is 2.50. The number of likely N-dealkylation sites (N-methyl/N-ethyl adjacent to an activating group) is 2. The van der Waals surface area contributed by atoms with E-state index in [1.54, 1.807) is 116 Å². The molecule has 4 aliphatic rings. The molecule has 2 aromatic carbocycles. The number of hydrogen-bond donors (Lipinski definition) is 7. The lowest BCUT2D eigenvalue weighted by Gasteiger charge is -2.34. The molecule has 0 saturated carbocycles. The Morgan fingerprint density at radius 2 is 1.02 bits per heavy atom. The molecule has 4 fully saturated rings. The number of Topliss-reactive ketones (excluding diaryl/α,β-unsaturated/α-hetero) is 3. The highest BCUT2D eigenvalue weighted by atomic mass is 16.6. The molecular formula is C75H105N9O16.